The smallest absolute Gasteiger partial charge is 0.320 e. The standard InChI is InChI=1S/C19H25N5O2/c25-19(22-9-4-5-10-22)23-11-8-18(13-23)24-12-17(20-21-24)15-26-14-16-6-2-1-3-7-16/h1-3,6-7,12,18H,4-5,8-11,13-15H2. The second-order valence-electron chi connectivity index (χ2n) is 7.03. The van der Waals surface area contributed by atoms with E-state index in [-0.39, 0.29) is 12.1 Å². The minimum absolute atomic E-state index is 0.177. The van der Waals surface area contributed by atoms with Gasteiger partial charge in [0.2, 0.25) is 0 Å². The molecule has 2 aliphatic rings. The molecule has 3 heterocycles. The number of aromatic nitrogens is 3. The third kappa shape index (κ3) is 3.88. The molecule has 2 fully saturated rings. The number of hydrogen-bond acceptors (Lipinski definition) is 4. The van der Waals surface area contributed by atoms with Crippen LogP contribution < -0.4 is 0 Å². The first-order chi connectivity index (χ1) is 12.8. The summed E-state index contributed by atoms with van der Waals surface area (Å²) in [4.78, 5) is 16.4. The monoisotopic (exact) mass is 355 g/mol. The van der Waals surface area contributed by atoms with Crippen LogP contribution in [-0.4, -0.2) is 57.0 Å². The van der Waals surface area contributed by atoms with Crippen LogP contribution in [0.1, 0.15) is 36.6 Å². The molecule has 0 bridgehead atoms. The van der Waals surface area contributed by atoms with Gasteiger partial charge in [0.1, 0.15) is 5.69 Å². The summed E-state index contributed by atoms with van der Waals surface area (Å²) in [5.74, 6) is 0. The zero-order chi connectivity index (χ0) is 17.8. The average molecular weight is 355 g/mol. The predicted molar refractivity (Wildman–Crippen MR) is 96.4 cm³/mol. The normalized spacial score (nSPS) is 20.1. The number of urea groups is 1. The summed E-state index contributed by atoms with van der Waals surface area (Å²) in [6.45, 7) is 4.30. The van der Waals surface area contributed by atoms with E-state index < -0.39 is 0 Å². The van der Waals surface area contributed by atoms with E-state index in [9.17, 15) is 4.79 Å². The fraction of sp³-hybridized carbons (Fsp3) is 0.526. The van der Waals surface area contributed by atoms with Gasteiger partial charge in [-0.1, -0.05) is 35.5 Å². The Labute approximate surface area is 153 Å². The minimum Gasteiger partial charge on any atom is -0.370 e. The average Bonchev–Trinajstić information content (AvgIpc) is 3.42. The molecule has 0 aliphatic carbocycles. The van der Waals surface area contributed by atoms with Crippen molar-refractivity contribution in [1.29, 1.82) is 0 Å². The molecular formula is C19H25N5O2. The Hall–Kier alpha value is -2.41. The lowest BCUT2D eigenvalue weighted by Crippen LogP contribution is -2.40. The Kier molecular flexibility index (Phi) is 5.15. The molecule has 0 N–H and O–H groups in total. The Morgan fingerprint density at radius 2 is 1.88 bits per heavy atom. The number of rotatable bonds is 5. The van der Waals surface area contributed by atoms with Crippen LogP contribution in [0.5, 0.6) is 0 Å². The van der Waals surface area contributed by atoms with Gasteiger partial charge in [0, 0.05) is 26.2 Å². The quantitative estimate of drug-likeness (QED) is 0.826. The third-order valence-electron chi connectivity index (χ3n) is 5.10. The van der Waals surface area contributed by atoms with Crippen LogP contribution in [-0.2, 0) is 18.0 Å². The van der Waals surface area contributed by atoms with Gasteiger partial charge < -0.3 is 14.5 Å². The number of ether oxygens (including phenoxy) is 1. The maximum absolute atomic E-state index is 12.5. The molecule has 2 aliphatic heterocycles. The van der Waals surface area contributed by atoms with Crippen molar-refractivity contribution < 1.29 is 9.53 Å². The Morgan fingerprint density at radius 1 is 1.08 bits per heavy atom. The largest absolute Gasteiger partial charge is 0.370 e. The highest BCUT2D eigenvalue weighted by Gasteiger charge is 2.31. The Morgan fingerprint density at radius 3 is 2.69 bits per heavy atom. The Balaban J connectivity index is 1.27. The fourth-order valence-corrected chi connectivity index (χ4v) is 3.65. The van der Waals surface area contributed by atoms with E-state index in [4.69, 9.17) is 4.74 Å². The molecule has 2 aromatic rings. The molecule has 7 nitrogen and oxygen atoms in total. The molecule has 7 heteroatoms. The topological polar surface area (TPSA) is 63.5 Å². The van der Waals surface area contributed by atoms with E-state index in [0.717, 1.165) is 50.2 Å². The molecule has 0 saturated carbocycles. The molecule has 2 amide bonds. The van der Waals surface area contributed by atoms with Crippen LogP contribution in [0.25, 0.3) is 0 Å². The van der Waals surface area contributed by atoms with Gasteiger partial charge in [-0.25, -0.2) is 9.48 Å². The minimum atomic E-state index is 0.177. The van der Waals surface area contributed by atoms with Crippen molar-refractivity contribution >= 4 is 6.03 Å². The van der Waals surface area contributed by atoms with E-state index in [1.54, 1.807) is 0 Å². The molecule has 1 atom stereocenters. The number of nitrogens with zero attached hydrogens (tertiary/aromatic N) is 5. The lowest BCUT2D eigenvalue weighted by molar-refractivity contribution is 0.104. The summed E-state index contributed by atoms with van der Waals surface area (Å²) in [5.41, 5.74) is 1.97. The summed E-state index contributed by atoms with van der Waals surface area (Å²) < 4.78 is 7.61. The van der Waals surface area contributed by atoms with Crippen LogP contribution in [0.3, 0.4) is 0 Å². The summed E-state index contributed by atoms with van der Waals surface area (Å²) in [5, 5.41) is 8.46. The zero-order valence-corrected chi connectivity index (χ0v) is 15.0. The first-order valence-electron chi connectivity index (χ1n) is 9.36. The van der Waals surface area contributed by atoms with Crippen molar-refractivity contribution in [2.75, 3.05) is 26.2 Å². The lowest BCUT2D eigenvalue weighted by Gasteiger charge is -2.23. The highest BCUT2D eigenvalue weighted by Crippen LogP contribution is 2.23. The van der Waals surface area contributed by atoms with E-state index in [1.807, 2.05) is 51.0 Å². The fourth-order valence-electron chi connectivity index (χ4n) is 3.65. The van der Waals surface area contributed by atoms with Gasteiger partial charge in [0.15, 0.2) is 0 Å². The van der Waals surface area contributed by atoms with Crippen LogP contribution in [0, 0.1) is 0 Å². The number of benzene rings is 1. The van der Waals surface area contributed by atoms with Gasteiger partial charge >= 0.3 is 6.03 Å². The van der Waals surface area contributed by atoms with Gasteiger partial charge in [0.05, 0.1) is 25.5 Å². The second-order valence-corrected chi connectivity index (χ2v) is 7.03. The molecule has 0 radical (unpaired) electrons. The van der Waals surface area contributed by atoms with Gasteiger partial charge in [-0.3, -0.25) is 0 Å². The van der Waals surface area contributed by atoms with Crippen LogP contribution >= 0.6 is 0 Å². The van der Waals surface area contributed by atoms with Crippen molar-refractivity contribution in [3.05, 3.63) is 47.8 Å². The first kappa shape index (κ1) is 17.0. The summed E-state index contributed by atoms with van der Waals surface area (Å²) in [6.07, 6.45) is 5.11. The molecule has 1 aromatic carbocycles. The van der Waals surface area contributed by atoms with Crippen molar-refractivity contribution in [2.24, 2.45) is 0 Å². The third-order valence-corrected chi connectivity index (χ3v) is 5.10. The SMILES string of the molecule is O=C(N1CCCC1)N1CCC(n2cc(COCc3ccccc3)nn2)C1. The van der Waals surface area contributed by atoms with Crippen molar-refractivity contribution in [3.63, 3.8) is 0 Å². The number of likely N-dealkylation sites (tertiary alicyclic amines) is 2. The molecular weight excluding hydrogens is 330 g/mol. The Bertz CT molecular complexity index is 727. The highest BCUT2D eigenvalue weighted by atomic mass is 16.5. The number of hydrogen-bond donors (Lipinski definition) is 0. The van der Waals surface area contributed by atoms with Crippen molar-refractivity contribution in [2.45, 2.75) is 38.5 Å². The summed E-state index contributed by atoms with van der Waals surface area (Å²) in [7, 11) is 0. The second kappa shape index (κ2) is 7.86. The first-order valence-corrected chi connectivity index (χ1v) is 9.36. The predicted octanol–water partition coefficient (Wildman–Crippen LogP) is 2.46. The zero-order valence-electron chi connectivity index (χ0n) is 15.0. The van der Waals surface area contributed by atoms with E-state index in [0.29, 0.717) is 19.8 Å². The van der Waals surface area contributed by atoms with Gasteiger partial charge in [-0.15, -0.1) is 5.10 Å². The van der Waals surface area contributed by atoms with Crippen LogP contribution in [0.4, 0.5) is 4.79 Å². The van der Waals surface area contributed by atoms with Crippen LogP contribution in [0.2, 0.25) is 0 Å². The van der Waals surface area contributed by atoms with Gasteiger partial charge in [-0.2, -0.15) is 0 Å². The lowest BCUT2D eigenvalue weighted by atomic mass is 10.2. The molecule has 138 valence electrons. The number of amides is 2. The number of carbonyl (C=O) groups is 1. The van der Waals surface area contributed by atoms with Crippen molar-refractivity contribution in [1.82, 2.24) is 24.8 Å². The molecule has 4 rings (SSSR count). The van der Waals surface area contributed by atoms with E-state index in [1.165, 1.54) is 0 Å². The summed E-state index contributed by atoms with van der Waals surface area (Å²) >= 11 is 0. The molecule has 26 heavy (non-hydrogen) atoms. The summed E-state index contributed by atoms with van der Waals surface area (Å²) in [6, 6.07) is 10.5. The van der Waals surface area contributed by atoms with Gasteiger partial charge in [0.25, 0.3) is 0 Å². The van der Waals surface area contributed by atoms with Crippen molar-refractivity contribution in [3.8, 4) is 0 Å². The van der Waals surface area contributed by atoms with Gasteiger partial charge in [-0.05, 0) is 24.8 Å². The van der Waals surface area contributed by atoms with Crippen LogP contribution in [0.15, 0.2) is 36.5 Å². The molecule has 0 spiro atoms. The molecule has 2 saturated heterocycles. The maximum atomic E-state index is 12.5. The number of carbonyl (C=O) groups excluding carboxylic acids is 1. The molecule has 1 unspecified atom stereocenters. The van der Waals surface area contributed by atoms with E-state index in [2.05, 4.69) is 10.3 Å². The molecule has 1 aromatic heterocycles. The highest BCUT2D eigenvalue weighted by molar-refractivity contribution is 5.75. The maximum Gasteiger partial charge on any atom is 0.320 e. The van der Waals surface area contributed by atoms with E-state index >= 15 is 0 Å².